The van der Waals surface area contributed by atoms with E-state index >= 15 is 0 Å². The van der Waals surface area contributed by atoms with Crippen LogP contribution in [0.4, 0.5) is 0 Å². The van der Waals surface area contributed by atoms with Crippen molar-refractivity contribution in [3.63, 3.8) is 0 Å². The maximum atomic E-state index is 9.00. The summed E-state index contributed by atoms with van der Waals surface area (Å²) in [6.07, 6.45) is 0. The van der Waals surface area contributed by atoms with E-state index in [2.05, 4.69) is 0 Å². The molecule has 0 aliphatic carbocycles. The van der Waals surface area contributed by atoms with E-state index in [0.29, 0.717) is 0 Å². The third-order valence-corrected chi connectivity index (χ3v) is 0. The molecule has 0 spiro atoms. The number of carbonyl (C=O) groups is 1. The topological polar surface area (TPSA) is 37.3 Å². The summed E-state index contributed by atoms with van der Waals surface area (Å²) >= 11 is 0. The molecule has 0 rings (SSSR count). The van der Waals surface area contributed by atoms with Crippen LogP contribution in [0, 0.1) is 0 Å². The molecule has 5 heteroatoms. The molecule has 0 aromatic heterocycles. The van der Waals surface area contributed by atoms with Gasteiger partial charge < -0.3 is 5.11 Å². The van der Waals surface area contributed by atoms with Gasteiger partial charge in [0.15, 0.2) is 17.4 Å². The summed E-state index contributed by atoms with van der Waals surface area (Å²) in [4.78, 5) is 9.00. The van der Waals surface area contributed by atoms with E-state index in [1.54, 1.807) is 0 Å². The average Bonchev–Trinajstić information content (AvgIpc) is 0.811. The number of aliphatic carboxylic acids is 1. The normalized spacial score (nSPS) is 3.57. The van der Waals surface area contributed by atoms with Crippen molar-refractivity contribution in [2.24, 2.45) is 0 Å². The van der Waals surface area contributed by atoms with E-state index in [9.17, 15) is 0 Å². The minimum atomic E-state index is -0.833. The Morgan fingerprint density at radius 3 is 1.57 bits per heavy atom. The smallest absolute Gasteiger partial charge is 0.300 e. The van der Waals surface area contributed by atoms with Crippen LogP contribution in [0.5, 0.6) is 0 Å². The van der Waals surface area contributed by atoms with E-state index in [4.69, 9.17) is 9.90 Å². The quantitative estimate of drug-likeness (QED) is 0.513. The second-order valence-electron chi connectivity index (χ2n) is 0.519. The van der Waals surface area contributed by atoms with E-state index in [-0.39, 0.29) is 50.6 Å². The van der Waals surface area contributed by atoms with E-state index in [1.165, 1.54) is 0 Å². The fourth-order valence-corrected chi connectivity index (χ4v) is 0. The van der Waals surface area contributed by atoms with Gasteiger partial charge in [0.1, 0.15) is 0 Å². The van der Waals surface area contributed by atoms with Crippen LogP contribution in [-0.4, -0.2) is 28.4 Å². The maximum absolute atomic E-state index is 9.00. The van der Waals surface area contributed by atoms with Gasteiger partial charge >= 0.3 is 0 Å². The first-order valence-electron chi connectivity index (χ1n) is 0.928. The van der Waals surface area contributed by atoms with Crippen LogP contribution in [0.25, 0.3) is 0 Å². The zero-order valence-corrected chi connectivity index (χ0v) is 5.03. The number of rotatable bonds is 0. The van der Waals surface area contributed by atoms with Crippen LogP contribution in [-0.2, 0) is 38.1 Å². The molecular formula is C2H7AlCoNiO2. The molecule has 0 aliphatic rings. The summed E-state index contributed by atoms with van der Waals surface area (Å²) < 4.78 is 0. The van der Waals surface area contributed by atoms with Crippen LogP contribution >= 0.6 is 0 Å². The summed E-state index contributed by atoms with van der Waals surface area (Å²) in [5.41, 5.74) is 0. The molecule has 0 amide bonds. The molecule has 0 aliphatic heterocycles. The molecule has 1 radical (unpaired) electrons. The Morgan fingerprint density at radius 2 is 1.57 bits per heavy atom. The molecule has 0 aromatic rings. The van der Waals surface area contributed by atoms with Gasteiger partial charge in [-0.2, -0.15) is 0 Å². The Labute approximate surface area is 73.3 Å². The van der Waals surface area contributed by atoms with Crippen molar-refractivity contribution < 1.29 is 43.2 Å². The molecule has 0 unspecified atom stereocenters. The minimum Gasteiger partial charge on any atom is -0.481 e. The van der Waals surface area contributed by atoms with E-state index in [0.717, 1.165) is 6.92 Å². The molecule has 7 heavy (non-hydrogen) atoms. The molecule has 0 heterocycles. The van der Waals surface area contributed by atoms with Gasteiger partial charge in [0.25, 0.3) is 5.97 Å². The van der Waals surface area contributed by atoms with Crippen LogP contribution in [0.1, 0.15) is 6.92 Å². The molecule has 0 atom stereocenters. The number of carboxylic acids is 1. The summed E-state index contributed by atoms with van der Waals surface area (Å²) in [7, 11) is 0. The first kappa shape index (κ1) is 24.5. The molecule has 0 fully saturated rings. The number of carboxylic acid groups (broad SMARTS) is 1. The van der Waals surface area contributed by atoms with Gasteiger partial charge in [-0.05, 0) is 0 Å². The van der Waals surface area contributed by atoms with Crippen molar-refractivity contribution in [3.8, 4) is 0 Å². The van der Waals surface area contributed by atoms with Crippen molar-refractivity contribution in [3.05, 3.63) is 0 Å². The predicted molar refractivity (Wildman–Crippen MR) is 23.2 cm³/mol. The van der Waals surface area contributed by atoms with E-state index < -0.39 is 5.97 Å². The van der Waals surface area contributed by atoms with Gasteiger partial charge in [-0.15, -0.1) is 0 Å². The minimum absolute atomic E-state index is 0. The monoisotopic (exact) mass is 207 g/mol. The van der Waals surface area contributed by atoms with Gasteiger partial charge in [0, 0.05) is 40.2 Å². The first-order valence-corrected chi connectivity index (χ1v) is 0.928. The Morgan fingerprint density at radius 1 is 1.57 bits per heavy atom. The van der Waals surface area contributed by atoms with Gasteiger partial charge in [0.05, 0.1) is 0 Å². The molecule has 49 valence electrons. The molecule has 0 saturated carbocycles. The molecule has 0 saturated heterocycles. The van der Waals surface area contributed by atoms with Crippen LogP contribution in [0.15, 0.2) is 0 Å². The van der Waals surface area contributed by atoms with Crippen molar-refractivity contribution in [1.82, 2.24) is 0 Å². The molecular weight excluding hydrogens is 201 g/mol. The summed E-state index contributed by atoms with van der Waals surface area (Å²) in [6, 6.07) is 0. The van der Waals surface area contributed by atoms with Crippen LogP contribution in [0.2, 0.25) is 0 Å². The maximum Gasteiger partial charge on any atom is 0.300 e. The number of hydrogen-bond donors (Lipinski definition) is 1. The number of hydrogen-bond acceptors (Lipinski definition) is 1. The van der Waals surface area contributed by atoms with Crippen LogP contribution in [0.3, 0.4) is 0 Å². The van der Waals surface area contributed by atoms with Crippen LogP contribution < -0.4 is 0 Å². The average molecular weight is 208 g/mol. The fraction of sp³-hybridized carbons (Fsp3) is 0.500. The van der Waals surface area contributed by atoms with E-state index in [1.807, 2.05) is 0 Å². The van der Waals surface area contributed by atoms with Crippen molar-refractivity contribution in [2.75, 3.05) is 0 Å². The molecule has 0 bridgehead atoms. The Balaban J connectivity index is -0.0000000150. The summed E-state index contributed by atoms with van der Waals surface area (Å²) in [5.74, 6) is -0.833. The van der Waals surface area contributed by atoms with Gasteiger partial charge in [-0.1, -0.05) is 0 Å². The Hall–Kier alpha value is 1.00. The SMILES string of the molecule is CC(=O)O.[AlH3].[Co].[Ni]. The standard InChI is InChI=1S/C2H4O2.Al.Co.Ni.3H/c1-2(3)4;;;;;;/h1H3,(H,3,4);;;;;;. The summed E-state index contributed by atoms with van der Waals surface area (Å²) in [6.45, 7) is 1.08. The van der Waals surface area contributed by atoms with Gasteiger partial charge in [-0.25, -0.2) is 0 Å². The summed E-state index contributed by atoms with van der Waals surface area (Å²) in [5, 5.41) is 7.42. The van der Waals surface area contributed by atoms with Crippen molar-refractivity contribution in [1.29, 1.82) is 0 Å². The second kappa shape index (κ2) is 15.7. The van der Waals surface area contributed by atoms with Crippen molar-refractivity contribution in [2.45, 2.75) is 6.92 Å². The Bertz CT molecular complexity index is 38.7. The predicted octanol–water partition coefficient (Wildman–Crippen LogP) is -1.10. The zero-order chi connectivity index (χ0) is 3.58. The van der Waals surface area contributed by atoms with Crippen molar-refractivity contribution >= 4 is 23.3 Å². The largest absolute Gasteiger partial charge is 0.481 e. The fourth-order valence-electron chi connectivity index (χ4n) is 0. The third-order valence-electron chi connectivity index (χ3n) is 0. The third kappa shape index (κ3) is 174. The van der Waals surface area contributed by atoms with Gasteiger partial charge in [-0.3, -0.25) is 4.79 Å². The Kier molecular flexibility index (Phi) is 55.1. The molecule has 0 aromatic carbocycles. The van der Waals surface area contributed by atoms with Gasteiger partial charge in [0.2, 0.25) is 0 Å². The molecule has 2 nitrogen and oxygen atoms in total. The first-order chi connectivity index (χ1) is 1.73. The second-order valence-corrected chi connectivity index (χ2v) is 0.519. The zero-order valence-electron chi connectivity index (χ0n) is 3.01. The molecule has 1 N–H and O–H groups in total.